The summed E-state index contributed by atoms with van der Waals surface area (Å²) >= 11 is 0. The third kappa shape index (κ3) is 2.75. The Morgan fingerprint density at radius 3 is 3.00 bits per heavy atom. The van der Waals surface area contributed by atoms with Crippen LogP contribution in [0.1, 0.15) is 22.3 Å². The number of hydrogen-bond acceptors (Lipinski definition) is 3. The molecule has 2 fully saturated rings. The number of rotatable bonds is 2. The highest BCUT2D eigenvalue weighted by Crippen LogP contribution is 2.32. The van der Waals surface area contributed by atoms with Crippen LogP contribution in [0.4, 0.5) is 0 Å². The summed E-state index contributed by atoms with van der Waals surface area (Å²) in [6, 6.07) is 8.20. The number of piperidine rings is 1. The van der Waals surface area contributed by atoms with E-state index in [-0.39, 0.29) is 18.3 Å². The Labute approximate surface area is 142 Å². The molecule has 2 saturated heterocycles. The Morgan fingerprint density at radius 2 is 2.26 bits per heavy atom. The van der Waals surface area contributed by atoms with Gasteiger partial charge < -0.3 is 10.2 Å². The van der Waals surface area contributed by atoms with Crippen LogP contribution >= 0.6 is 12.4 Å². The van der Waals surface area contributed by atoms with Gasteiger partial charge in [0.15, 0.2) is 0 Å². The zero-order chi connectivity index (χ0) is 15.1. The van der Waals surface area contributed by atoms with Crippen LogP contribution in [0.5, 0.6) is 0 Å². The minimum absolute atomic E-state index is 0. The van der Waals surface area contributed by atoms with Gasteiger partial charge in [-0.3, -0.25) is 4.79 Å². The molecule has 5 nitrogen and oxygen atoms in total. The van der Waals surface area contributed by atoms with Crippen molar-refractivity contribution in [3.63, 3.8) is 0 Å². The van der Waals surface area contributed by atoms with Gasteiger partial charge in [0.1, 0.15) is 0 Å². The third-order valence-electron chi connectivity index (χ3n) is 4.82. The summed E-state index contributed by atoms with van der Waals surface area (Å²) in [7, 11) is 0. The van der Waals surface area contributed by atoms with Crippen molar-refractivity contribution >= 4 is 18.3 Å². The first kappa shape index (κ1) is 16.0. The van der Waals surface area contributed by atoms with Crippen LogP contribution in [0.3, 0.4) is 0 Å². The normalized spacial score (nSPS) is 22.7. The predicted molar refractivity (Wildman–Crippen MR) is 91.4 cm³/mol. The van der Waals surface area contributed by atoms with Gasteiger partial charge >= 0.3 is 0 Å². The second-order valence-electron chi connectivity index (χ2n) is 6.25. The molecule has 1 N–H and O–H groups in total. The minimum Gasteiger partial charge on any atom is -0.334 e. The van der Waals surface area contributed by atoms with Crippen molar-refractivity contribution in [3.05, 3.63) is 47.8 Å². The first-order chi connectivity index (χ1) is 10.7. The number of carbonyl (C=O) groups excluding carboxylic acids is 1. The van der Waals surface area contributed by atoms with Gasteiger partial charge in [0.05, 0.1) is 11.3 Å². The summed E-state index contributed by atoms with van der Waals surface area (Å²) < 4.78 is 1.77. The molecule has 0 aliphatic carbocycles. The predicted octanol–water partition coefficient (Wildman–Crippen LogP) is 2.04. The summed E-state index contributed by atoms with van der Waals surface area (Å²) in [6.07, 6.45) is 4.79. The number of halogens is 1. The van der Waals surface area contributed by atoms with E-state index in [0.29, 0.717) is 12.0 Å². The molecule has 2 aromatic rings. The highest BCUT2D eigenvalue weighted by Gasteiger charge is 2.43. The lowest BCUT2D eigenvalue weighted by molar-refractivity contribution is 0.00280. The summed E-state index contributed by atoms with van der Waals surface area (Å²) in [6.45, 7) is 4.90. The Kier molecular flexibility index (Phi) is 4.41. The third-order valence-corrected chi connectivity index (χ3v) is 4.82. The lowest BCUT2D eigenvalue weighted by Crippen LogP contribution is -2.65. The van der Waals surface area contributed by atoms with Gasteiger partial charge in [-0.15, -0.1) is 12.4 Å². The molecule has 2 aliphatic heterocycles. The molecular formula is C17H21ClN4O. The largest absolute Gasteiger partial charge is 0.334 e. The molecule has 2 atom stereocenters. The molecule has 0 bridgehead atoms. The molecule has 6 heteroatoms. The number of nitrogens with one attached hydrogen (secondary N) is 1. The van der Waals surface area contributed by atoms with Crippen molar-refractivity contribution in [3.8, 4) is 5.69 Å². The number of benzene rings is 1. The van der Waals surface area contributed by atoms with Crippen LogP contribution < -0.4 is 5.32 Å². The van der Waals surface area contributed by atoms with Crippen molar-refractivity contribution in [1.29, 1.82) is 0 Å². The monoisotopic (exact) mass is 332 g/mol. The molecule has 1 aromatic heterocycles. The molecule has 0 saturated carbocycles. The molecule has 2 aliphatic rings. The second kappa shape index (κ2) is 6.34. The number of fused-ring (bicyclic) bond motifs is 1. The zero-order valence-corrected chi connectivity index (χ0v) is 13.9. The van der Waals surface area contributed by atoms with Crippen LogP contribution in [-0.4, -0.2) is 46.3 Å². The maximum Gasteiger partial charge on any atom is 0.256 e. The van der Waals surface area contributed by atoms with Gasteiger partial charge in [-0.25, -0.2) is 4.68 Å². The average molecular weight is 333 g/mol. The van der Waals surface area contributed by atoms with Crippen LogP contribution in [0.2, 0.25) is 0 Å². The first-order valence-electron chi connectivity index (χ1n) is 7.86. The van der Waals surface area contributed by atoms with Gasteiger partial charge in [-0.05, 0) is 44.0 Å². The van der Waals surface area contributed by atoms with Gasteiger partial charge in [0.25, 0.3) is 5.91 Å². The number of nitrogens with zero attached hydrogens (tertiary/aromatic N) is 3. The maximum absolute atomic E-state index is 13.0. The average Bonchev–Trinajstić information content (AvgIpc) is 3.02. The van der Waals surface area contributed by atoms with E-state index >= 15 is 0 Å². The molecule has 23 heavy (non-hydrogen) atoms. The molecule has 122 valence electrons. The first-order valence-corrected chi connectivity index (χ1v) is 7.86. The van der Waals surface area contributed by atoms with Gasteiger partial charge in [0, 0.05) is 31.5 Å². The van der Waals surface area contributed by atoms with Crippen LogP contribution in [0, 0.1) is 12.8 Å². The van der Waals surface area contributed by atoms with E-state index in [1.807, 2.05) is 42.3 Å². The van der Waals surface area contributed by atoms with Crippen LogP contribution in [-0.2, 0) is 0 Å². The van der Waals surface area contributed by atoms with E-state index in [1.165, 1.54) is 6.42 Å². The standard InChI is InChI=1S/C17H20N4O.ClH/c1-12-3-4-15(21-8-2-6-19-21)14(9-12)17(22)20-11-13-5-7-18-10-16(13)20;/h2-4,6,8-9,13,16,18H,5,7,10-11H2,1H3;1H. The van der Waals surface area contributed by atoms with E-state index in [9.17, 15) is 4.79 Å². The number of aryl methyl sites for hydroxylation is 1. The van der Waals surface area contributed by atoms with E-state index in [2.05, 4.69) is 10.4 Å². The van der Waals surface area contributed by atoms with Crippen molar-refractivity contribution in [2.24, 2.45) is 5.92 Å². The number of likely N-dealkylation sites (tertiary alicyclic amines) is 1. The fourth-order valence-corrected chi connectivity index (χ4v) is 3.54. The summed E-state index contributed by atoms with van der Waals surface area (Å²) in [5.74, 6) is 0.794. The number of hydrogen-bond donors (Lipinski definition) is 1. The lowest BCUT2D eigenvalue weighted by atomic mass is 9.82. The highest BCUT2D eigenvalue weighted by atomic mass is 35.5. The molecule has 0 radical (unpaired) electrons. The molecule has 4 rings (SSSR count). The van der Waals surface area contributed by atoms with Crippen LogP contribution in [0.25, 0.3) is 5.69 Å². The molecule has 2 unspecified atom stereocenters. The lowest BCUT2D eigenvalue weighted by Gasteiger charge is -2.51. The molecule has 0 spiro atoms. The molecule has 3 heterocycles. The maximum atomic E-state index is 13.0. The number of aromatic nitrogens is 2. The van der Waals surface area contributed by atoms with Crippen LogP contribution in [0.15, 0.2) is 36.7 Å². The van der Waals surface area contributed by atoms with E-state index in [1.54, 1.807) is 10.9 Å². The van der Waals surface area contributed by atoms with Gasteiger partial charge in [-0.1, -0.05) is 11.6 Å². The summed E-state index contributed by atoms with van der Waals surface area (Å²) in [4.78, 5) is 15.0. The fourth-order valence-electron chi connectivity index (χ4n) is 3.54. The van der Waals surface area contributed by atoms with E-state index in [4.69, 9.17) is 0 Å². The SMILES string of the molecule is Cc1ccc(-n2cccn2)c(C(=O)N2CC3CCNCC32)c1.Cl. The summed E-state index contributed by atoms with van der Waals surface area (Å²) in [5, 5.41) is 7.67. The second-order valence-corrected chi connectivity index (χ2v) is 6.25. The quantitative estimate of drug-likeness (QED) is 0.915. The Morgan fingerprint density at radius 1 is 1.39 bits per heavy atom. The van der Waals surface area contributed by atoms with Gasteiger partial charge in [0.2, 0.25) is 0 Å². The van der Waals surface area contributed by atoms with Crippen molar-refractivity contribution in [2.75, 3.05) is 19.6 Å². The van der Waals surface area contributed by atoms with Crippen molar-refractivity contribution < 1.29 is 4.79 Å². The topological polar surface area (TPSA) is 50.2 Å². The summed E-state index contributed by atoms with van der Waals surface area (Å²) in [5.41, 5.74) is 2.69. The van der Waals surface area contributed by atoms with Crippen molar-refractivity contribution in [2.45, 2.75) is 19.4 Å². The zero-order valence-electron chi connectivity index (χ0n) is 13.1. The Bertz CT molecular complexity index is 701. The molecule has 1 aromatic carbocycles. The van der Waals surface area contributed by atoms with Crippen molar-refractivity contribution in [1.82, 2.24) is 20.0 Å². The fraction of sp³-hybridized carbons (Fsp3) is 0.412. The smallest absolute Gasteiger partial charge is 0.256 e. The van der Waals surface area contributed by atoms with E-state index < -0.39 is 0 Å². The molecule has 1 amide bonds. The minimum atomic E-state index is 0. The molecular weight excluding hydrogens is 312 g/mol. The Balaban J connectivity index is 0.00000156. The Hall–Kier alpha value is -1.85. The highest BCUT2D eigenvalue weighted by molar-refractivity contribution is 5.98. The number of carbonyl (C=O) groups is 1. The number of amides is 1. The van der Waals surface area contributed by atoms with E-state index in [0.717, 1.165) is 36.4 Å². The van der Waals surface area contributed by atoms with Gasteiger partial charge in [-0.2, -0.15) is 5.10 Å².